The molecule has 2 aromatic carbocycles. The van der Waals surface area contributed by atoms with Crippen LogP contribution in [0.5, 0.6) is 5.75 Å². The highest BCUT2D eigenvalue weighted by molar-refractivity contribution is 5.98. The Labute approximate surface area is 121 Å². The summed E-state index contributed by atoms with van der Waals surface area (Å²) in [6.07, 6.45) is -0.476. The van der Waals surface area contributed by atoms with Crippen molar-refractivity contribution in [3.8, 4) is 5.75 Å². The quantitative estimate of drug-likeness (QED) is 0.911. The molecule has 5 heteroatoms. The molecule has 1 atom stereocenters. The molecule has 1 unspecified atom stereocenters. The molecule has 0 aromatic heterocycles. The van der Waals surface area contributed by atoms with Gasteiger partial charge in [0.2, 0.25) is 0 Å². The van der Waals surface area contributed by atoms with E-state index in [1.54, 1.807) is 19.1 Å². The summed E-state index contributed by atoms with van der Waals surface area (Å²) in [5, 5.41) is 6.03. The first kappa shape index (κ1) is 13.4. The maximum Gasteiger partial charge on any atom is 0.265 e. The van der Waals surface area contributed by atoms with Crippen LogP contribution in [0.1, 0.15) is 12.5 Å². The van der Waals surface area contributed by atoms with Crippen molar-refractivity contribution in [1.82, 2.24) is 0 Å². The molecule has 108 valence electrons. The maximum atomic E-state index is 12.8. The number of benzene rings is 2. The molecular formula is C16H15FN2O2. The largest absolute Gasteiger partial charge is 0.479 e. The zero-order chi connectivity index (χ0) is 14.8. The lowest BCUT2D eigenvalue weighted by Crippen LogP contribution is -2.34. The average Bonchev–Trinajstić information content (AvgIpc) is 2.48. The molecule has 0 radical (unpaired) electrons. The molecular weight excluding hydrogens is 271 g/mol. The highest BCUT2D eigenvalue weighted by Gasteiger charge is 2.23. The predicted octanol–water partition coefficient (Wildman–Crippen LogP) is 3.16. The lowest BCUT2D eigenvalue weighted by atomic mass is 10.2. The number of halogens is 1. The molecule has 1 amide bonds. The number of amides is 1. The minimum atomic E-state index is -0.476. The van der Waals surface area contributed by atoms with E-state index in [0.29, 0.717) is 18.0 Å². The fourth-order valence-corrected chi connectivity index (χ4v) is 2.13. The normalized spacial score (nSPS) is 16.7. The molecule has 4 nitrogen and oxygen atoms in total. The molecule has 2 aromatic rings. The highest BCUT2D eigenvalue weighted by Crippen LogP contribution is 2.32. The van der Waals surface area contributed by atoms with Crippen molar-refractivity contribution in [3.63, 3.8) is 0 Å². The van der Waals surface area contributed by atoms with Gasteiger partial charge in [-0.3, -0.25) is 4.79 Å². The Balaban J connectivity index is 1.71. The SMILES string of the molecule is CC1Oc2ccc(NCc3ccc(F)cc3)cc2NC1=O. The van der Waals surface area contributed by atoms with Crippen molar-refractivity contribution in [2.24, 2.45) is 0 Å². The van der Waals surface area contributed by atoms with Crippen LogP contribution < -0.4 is 15.4 Å². The van der Waals surface area contributed by atoms with Crippen LogP contribution in [0.15, 0.2) is 42.5 Å². The van der Waals surface area contributed by atoms with E-state index < -0.39 is 6.10 Å². The minimum absolute atomic E-state index is 0.154. The van der Waals surface area contributed by atoms with E-state index in [9.17, 15) is 9.18 Å². The number of hydrogen-bond acceptors (Lipinski definition) is 3. The predicted molar refractivity (Wildman–Crippen MR) is 78.9 cm³/mol. The van der Waals surface area contributed by atoms with Crippen LogP contribution in [0, 0.1) is 5.82 Å². The van der Waals surface area contributed by atoms with E-state index >= 15 is 0 Å². The van der Waals surface area contributed by atoms with Gasteiger partial charge in [0.25, 0.3) is 5.91 Å². The first-order valence-corrected chi connectivity index (χ1v) is 6.72. The zero-order valence-electron chi connectivity index (χ0n) is 11.5. The Morgan fingerprint density at radius 3 is 2.76 bits per heavy atom. The number of rotatable bonds is 3. The second-order valence-electron chi connectivity index (χ2n) is 4.94. The molecule has 1 heterocycles. The van der Waals surface area contributed by atoms with Gasteiger partial charge in [0.1, 0.15) is 11.6 Å². The fraction of sp³-hybridized carbons (Fsp3) is 0.188. The second-order valence-corrected chi connectivity index (χ2v) is 4.94. The second kappa shape index (κ2) is 5.44. The van der Waals surface area contributed by atoms with Crippen LogP contribution in [0.25, 0.3) is 0 Å². The van der Waals surface area contributed by atoms with E-state index in [-0.39, 0.29) is 11.7 Å². The van der Waals surface area contributed by atoms with E-state index in [1.165, 1.54) is 12.1 Å². The molecule has 0 spiro atoms. The Morgan fingerprint density at radius 1 is 1.24 bits per heavy atom. The number of carbonyl (C=O) groups excluding carboxylic acids is 1. The van der Waals surface area contributed by atoms with Gasteiger partial charge in [-0.25, -0.2) is 4.39 Å². The highest BCUT2D eigenvalue weighted by atomic mass is 19.1. The van der Waals surface area contributed by atoms with E-state index in [2.05, 4.69) is 10.6 Å². The maximum absolute atomic E-state index is 12.8. The number of carbonyl (C=O) groups is 1. The van der Waals surface area contributed by atoms with Gasteiger partial charge >= 0.3 is 0 Å². The average molecular weight is 286 g/mol. The molecule has 1 aliphatic heterocycles. The molecule has 0 saturated carbocycles. The summed E-state index contributed by atoms with van der Waals surface area (Å²) < 4.78 is 18.3. The van der Waals surface area contributed by atoms with Crippen molar-refractivity contribution in [2.75, 3.05) is 10.6 Å². The van der Waals surface area contributed by atoms with Crippen molar-refractivity contribution < 1.29 is 13.9 Å². The summed E-state index contributed by atoms with van der Waals surface area (Å²) in [6.45, 7) is 2.28. The van der Waals surface area contributed by atoms with Crippen molar-refractivity contribution in [1.29, 1.82) is 0 Å². The van der Waals surface area contributed by atoms with Gasteiger partial charge in [-0.1, -0.05) is 12.1 Å². The Morgan fingerprint density at radius 2 is 2.00 bits per heavy atom. The third-order valence-corrected chi connectivity index (χ3v) is 3.32. The van der Waals surface area contributed by atoms with Crippen LogP contribution >= 0.6 is 0 Å². The van der Waals surface area contributed by atoms with Gasteiger partial charge in [-0.05, 0) is 42.8 Å². The third-order valence-electron chi connectivity index (χ3n) is 3.32. The number of anilines is 2. The molecule has 0 bridgehead atoms. The summed E-state index contributed by atoms with van der Waals surface area (Å²) in [7, 11) is 0. The molecule has 0 aliphatic carbocycles. The summed E-state index contributed by atoms with van der Waals surface area (Å²) in [6, 6.07) is 11.8. The standard InChI is InChI=1S/C16H15FN2O2/c1-10-16(20)19-14-8-13(6-7-15(14)21-10)18-9-11-2-4-12(17)5-3-11/h2-8,10,18H,9H2,1H3,(H,19,20). The number of nitrogens with one attached hydrogen (secondary N) is 2. The van der Waals surface area contributed by atoms with Crippen LogP contribution in [0.3, 0.4) is 0 Å². The Hall–Kier alpha value is -2.56. The lowest BCUT2D eigenvalue weighted by molar-refractivity contribution is -0.122. The fourth-order valence-electron chi connectivity index (χ4n) is 2.13. The number of hydrogen-bond donors (Lipinski definition) is 2. The molecule has 0 saturated heterocycles. The number of ether oxygens (including phenoxy) is 1. The van der Waals surface area contributed by atoms with Crippen LogP contribution in [0.4, 0.5) is 15.8 Å². The van der Waals surface area contributed by atoms with E-state index in [4.69, 9.17) is 4.74 Å². The van der Waals surface area contributed by atoms with Gasteiger partial charge < -0.3 is 15.4 Å². The van der Waals surface area contributed by atoms with Gasteiger partial charge in [0.15, 0.2) is 6.10 Å². The Bertz CT molecular complexity index is 670. The van der Waals surface area contributed by atoms with E-state index in [0.717, 1.165) is 11.3 Å². The van der Waals surface area contributed by atoms with Crippen molar-refractivity contribution >= 4 is 17.3 Å². The molecule has 21 heavy (non-hydrogen) atoms. The van der Waals surface area contributed by atoms with E-state index in [1.807, 2.05) is 18.2 Å². The summed E-state index contributed by atoms with van der Waals surface area (Å²) in [5.74, 6) is 0.258. The van der Waals surface area contributed by atoms with Gasteiger partial charge in [-0.2, -0.15) is 0 Å². The Kier molecular flexibility index (Phi) is 3.48. The minimum Gasteiger partial charge on any atom is -0.479 e. The third kappa shape index (κ3) is 2.97. The summed E-state index contributed by atoms with van der Waals surface area (Å²) in [5.41, 5.74) is 2.49. The molecule has 2 N–H and O–H groups in total. The molecule has 0 fully saturated rings. The van der Waals surface area contributed by atoms with Crippen molar-refractivity contribution in [3.05, 3.63) is 53.8 Å². The lowest BCUT2D eigenvalue weighted by Gasteiger charge is -2.23. The smallest absolute Gasteiger partial charge is 0.265 e. The topological polar surface area (TPSA) is 50.4 Å². The van der Waals surface area contributed by atoms with Gasteiger partial charge in [-0.15, -0.1) is 0 Å². The van der Waals surface area contributed by atoms with Crippen LogP contribution in [-0.4, -0.2) is 12.0 Å². The van der Waals surface area contributed by atoms with Crippen LogP contribution in [0.2, 0.25) is 0 Å². The van der Waals surface area contributed by atoms with Crippen molar-refractivity contribution in [2.45, 2.75) is 19.6 Å². The molecule has 3 rings (SSSR count). The summed E-state index contributed by atoms with van der Waals surface area (Å²) >= 11 is 0. The summed E-state index contributed by atoms with van der Waals surface area (Å²) in [4.78, 5) is 11.6. The first-order chi connectivity index (χ1) is 10.1. The molecule has 1 aliphatic rings. The van der Waals surface area contributed by atoms with Gasteiger partial charge in [0.05, 0.1) is 5.69 Å². The van der Waals surface area contributed by atoms with Gasteiger partial charge in [0, 0.05) is 12.2 Å². The number of fused-ring (bicyclic) bond motifs is 1. The first-order valence-electron chi connectivity index (χ1n) is 6.72. The monoisotopic (exact) mass is 286 g/mol. The zero-order valence-corrected chi connectivity index (χ0v) is 11.5. The van der Waals surface area contributed by atoms with Crippen LogP contribution in [-0.2, 0) is 11.3 Å².